The second-order valence-electron chi connectivity index (χ2n) is 6.96. The van der Waals surface area contributed by atoms with Gasteiger partial charge in [-0.1, -0.05) is 6.58 Å². The third-order valence-electron chi connectivity index (χ3n) is 5.41. The van der Waals surface area contributed by atoms with Crippen molar-refractivity contribution < 1.29 is 54.4 Å². The number of aliphatic hydroxyl groups excluding tert-OH is 6. The summed E-state index contributed by atoms with van der Waals surface area (Å²) in [5.74, 6) is -2.60. The molecule has 158 valence electrons. The summed E-state index contributed by atoms with van der Waals surface area (Å²) >= 11 is 0. The number of carbonyl (C=O) groups is 1. The molecular formula is C17H24O11. The zero-order chi connectivity index (χ0) is 20.7. The van der Waals surface area contributed by atoms with Crippen molar-refractivity contribution in [3.63, 3.8) is 0 Å². The first-order chi connectivity index (χ1) is 13.2. The Morgan fingerprint density at radius 1 is 1.07 bits per heavy atom. The van der Waals surface area contributed by atoms with Gasteiger partial charge in [0.25, 0.3) is 0 Å². The zero-order valence-corrected chi connectivity index (χ0v) is 15.0. The number of methoxy groups -OCH3 is 1. The first-order valence-corrected chi connectivity index (χ1v) is 8.67. The molecule has 11 nitrogen and oxygen atoms in total. The van der Waals surface area contributed by atoms with Gasteiger partial charge in [-0.3, -0.25) is 0 Å². The molecule has 0 amide bonds. The van der Waals surface area contributed by atoms with Crippen LogP contribution < -0.4 is 0 Å². The number of ether oxygens (including phenoxy) is 4. The highest BCUT2D eigenvalue weighted by Gasteiger charge is 2.56. The number of esters is 1. The van der Waals surface area contributed by atoms with E-state index in [1.807, 2.05) is 0 Å². The molecule has 1 aliphatic carbocycles. The molecule has 11 heteroatoms. The monoisotopic (exact) mass is 404 g/mol. The van der Waals surface area contributed by atoms with Gasteiger partial charge in [0.2, 0.25) is 6.29 Å². The van der Waals surface area contributed by atoms with E-state index in [2.05, 4.69) is 11.3 Å². The normalized spacial score (nSPS) is 45.8. The topological polar surface area (TPSA) is 175 Å². The van der Waals surface area contributed by atoms with Gasteiger partial charge < -0.3 is 49.6 Å². The van der Waals surface area contributed by atoms with Gasteiger partial charge in [-0.25, -0.2) is 4.79 Å². The minimum atomic E-state index is -1.67. The lowest BCUT2D eigenvalue weighted by Crippen LogP contribution is -2.60. The first-order valence-electron chi connectivity index (χ1n) is 8.67. The predicted molar refractivity (Wildman–Crippen MR) is 88.0 cm³/mol. The molecule has 10 atom stereocenters. The van der Waals surface area contributed by atoms with Gasteiger partial charge >= 0.3 is 5.97 Å². The maximum Gasteiger partial charge on any atom is 0.337 e. The van der Waals surface area contributed by atoms with E-state index in [1.54, 1.807) is 0 Å². The molecule has 2 aliphatic heterocycles. The lowest BCUT2D eigenvalue weighted by atomic mass is 9.84. The predicted octanol–water partition coefficient (Wildman–Crippen LogP) is -3.26. The van der Waals surface area contributed by atoms with Gasteiger partial charge in [0.05, 0.1) is 37.6 Å². The summed E-state index contributed by atoms with van der Waals surface area (Å²) in [5, 5.41) is 59.7. The van der Waals surface area contributed by atoms with Crippen molar-refractivity contribution in [3.8, 4) is 0 Å². The molecular weight excluding hydrogens is 380 g/mol. The molecule has 1 saturated heterocycles. The molecule has 0 aromatic carbocycles. The van der Waals surface area contributed by atoms with E-state index >= 15 is 0 Å². The fourth-order valence-corrected chi connectivity index (χ4v) is 3.81. The molecule has 0 spiro atoms. The number of carbonyl (C=O) groups excluding carboxylic acids is 1. The third-order valence-corrected chi connectivity index (χ3v) is 5.41. The molecule has 3 aliphatic rings. The standard InChI is InChI=1S/C17H24O11/c1-5-8-9(12(21)10(5)19)6(15(24)25-2)4-26-16(8)28-17-14(23)13(22)11(20)7(3-18)27-17/h4,7-14,16-23H,1,3H2,2H3/t7-,8-,9-,10-,11-,12+,13+,14-,16+,17+/m1/s1. The molecule has 0 radical (unpaired) electrons. The summed E-state index contributed by atoms with van der Waals surface area (Å²) in [6, 6.07) is 0. The SMILES string of the molecule is C=C1[C@H]2[C@H](O[C@@H]3O[C@H](CO)[C@@H](O)[C@H](O)[C@H]3O)OC=C(C(=O)OC)[C@H]2[C@H](O)[C@@H]1O. The highest BCUT2D eigenvalue weighted by molar-refractivity contribution is 5.89. The van der Waals surface area contributed by atoms with Crippen LogP contribution in [-0.4, -0.2) is 99.5 Å². The Hall–Kier alpha value is -1.57. The summed E-state index contributed by atoms with van der Waals surface area (Å²) in [6.07, 6.45) is -10.5. The van der Waals surface area contributed by atoms with E-state index in [9.17, 15) is 35.4 Å². The van der Waals surface area contributed by atoms with Crippen LogP contribution in [0.15, 0.2) is 24.0 Å². The van der Waals surface area contributed by atoms with Crippen LogP contribution in [-0.2, 0) is 23.7 Å². The average Bonchev–Trinajstić information content (AvgIpc) is 2.92. The quantitative estimate of drug-likeness (QED) is 0.205. The van der Waals surface area contributed by atoms with Crippen LogP contribution in [0.5, 0.6) is 0 Å². The molecule has 0 bridgehead atoms. The zero-order valence-electron chi connectivity index (χ0n) is 15.0. The van der Waals surface area contributed by atoms with Crippen molar-refractivity contribution in [2.75, 3.05) is 13.7 Å². The Morgan fingerprint density at radius 2 is 1.75 bits per heavy atom. The molecule has 0 aromatic heterocycles. The lowest BCUT2D eigenvalue weighted by Gasteiger charge is -2.42. The smallest absolute Gasteiger partial charge is 0.337 e. The number of rotatable bonds is 4. The molecule has 2 fully saturated rings. The minimum Gasteiger partial charge on any atom is -0.471 e. The number of aliphatic hydroxyl groups is 6. The van der Waals surface area contributed by atoms with Crippen molar-refractivity contribution >= 4 is 5.97 Å². The maximum atomic E-state index is 12.0. The molecule has 6 N–H and O–H groups in total. The largest absolute Gasteiger partial charge is 0.471 e. The Bertz CT molecular complexity index is 647. The molecule has 28 heavy (non-hydrogen) atoms. The van der Waals surface area contributed by atoms with E-state index in [0.717, 1.165) is 13.4 Å². The lowest BCUT2D eigenvalue weighted by molar-refractivity contribution is -0.339. The third kappa shape index (κ3) is 3.33. The summed E-state index contributed by atoms with van der Waals surface area (Å²) in [5.41, 5.74) is 0.118. The van der Waals surface area contributed by atoms with Crippen LogP contribution in [0, 0.1) is 11.8 Å². The van der Waals surface area contributed by atoms with Crippen molar-refractivity contribution in [2.45, 2.75) is 49.2 Å². The van der Waals surface area contributed by atoms with Gasteiger partial charge in [0.1, 0.15) is 30.5 Å². The van der Waals surface area contributed by atoms with Gasteiger partial charge in [-0.05, 0) is 5.57 Å². The molecule has 2 heterocycles. The van der Waals surface area contributed by atoms with Crippen LogP contribution in [0.2, 0.25) is 0 Å². The molecule has 0 unspecified atom stereocenters. The Balaban J connectivity index is 1.85. The van der Waals surface area contributed by atoms with E-state index in [-0.39, 0.29) is 11.1 Å². The maximum absolute atomic E-state index is 12.0. The van der Waals surface area contributed by atoms with E-state index in [0.29, 0.717) is 0 Å². The highest BCUT2D eigenvalue weighted by atomic mass is 16.8. The van der Waals surface area contributed by atoms with Gasteiger partial charge in [0.15, 0.2) is 6.29 Å². The fraction of sp³-hybridized carbons (Fsp3) is 0.706. The van der Waals surface area contributed by atoms with E-state index in [1.165, 1.54) is 0 Å². The summed E-state index contributed by atoms with van der Waals surface area (Å²) in [4.78, 5) is 12.0. The van der Waals surface area contributed by atoms with Crippen LogP contribution in [0.1, 0.15) is 0 Å². The molecule has 1 saturated carbocycles. The number of hydrogen-bond donors (Lipinski definition) is 6. The highest BCUT2D eigenvalue weighted by Crippen LogP contribution is 2.47. The summed E-state index contributed by atoms with van der Waals surface area (Å²) in [7, 11) is 1.15. The first kappa shape index (κ1) is 21.1. The summed E-state index contributed by atoms with van der Waals surface area (Å²) < 4.78 is 20.9. The molecule has 3 rings (SSSR count). The van der Waals surface area contributed by atoms with Crippen LogP contribution in [0.3, 0.4) is 0 Å². The van der Waals surface area contributed by atoms with Gasteiger partial charge in [-0.15, -0.1) is 0 Å². The Labute approximate surface area is 160 Å². The minimum absolute atomic E-state index is 0.0219. The second kappa shape index (κ2) is 8.05. The second-order valence-corrected chi connectivity index (χ2v) is 6.96. The van der Waals surface area contributed by atoms with Crippen LogP contribution >= 0.6 is 0 Å². The van der Waals surface area contributed by atoms with E-state index in [4.69, 9.17) is 14.2 Å². The average molecular weight is 404 g/mol. The Morgan fingerprint density at radius 3 is 2.36 bits per heavy atom. The van der Waals surface area contributed by atoms with Gasteiger partial charge in [0, 0.05) is 5.92 Å². The van der Waals surface area contributed by atoms with Gasteiger partial charge in [-0.2, -0.15) is 0 Å². The van der Waals surface area contributed by atoms with Crippen molar-refractivity contribution in [1.29, 1.82) is 0 Å². The molecule has 0 aromatic rings. The van der Waals surface area contributed by atoms with Crippen molar-refractivity contribution in [1.82, 2.24) is 0 Å². The fourth-order valence-electron chi connectivity index (χ4n) is 3.81. The van der Waals surface area contributed by atoms with Crippen LogP contribution in [0.25, 0.3) is 0 Å². The van der Waals surface area contributed by atoms with Crippen molar-refractivity contribution in [2.24, 2.45) is 11.8 Å². The Kier molecular flexibility index (Phi) is 6.08. The summed E-state index contributed by atoms with van der Waals surface area (Å²) in [6.45, 7) is 3.09. The van der Waals surface area contributed by atoms with Crippen molar-refractivity contribution in [3.05, 3.63) is 24.0 Å². The van der Waals surface area contributed by atoms with E-state index < -0.39 is 73.6 Å². The number of fused-ring (bicyclic) bond motifs is 1. The number of hydrogen-bond acceptors (Lipinski definition) is 11. The van der Waals surface area contributed by atoms with Crippen LogP contribution in [0.4, 0.5) is 0 Å².